The molecule has 2 heterocycles. The van der Waals surface area contributed by atoms with Crippen LogP contribution in [0.5, 0.6) is 0 Å². The molecule has 6 aromatic rings. The Balaban J connectivity index is 0.000000342. The number of aromatic amines is 1. The fourth-order valence-electron chi connectivity index (χ4n) is 6.74. The molecule has 0 atom stereocenters. The molecule has 2 aromatic heterocycles. The minimum absolute atomic E-state index is 0.275. The number of hydrogen-bond donors (Lipinski definition) is 3. The van der Waals surface area contributed by atoms with E-state index in [0.29, 0.717) is 11.6 Å². The van der Waals surface area contributed by atoms with E-state index in [-0.39, 0.29) is 5.82 Å². The molecule has 0 bridgehead atoms. The molecule has 258 valence electrons. The maximum atomic E-state index is 13.9. The predicted molar refractivity (Wildman–Crippen MR) is 199 cm³/mol. The number of hydrogen-bond acceptors (Lipinski definition) is 5. The lowest BCUT2D eigenvalue weighted by molar-refractivity contribution is -0.159. The Labute approximate surface area is 291 Å². The van der Waals surface area contributed by atoms with Gasteiger partial charge in [0.05, 0.1) is 22.1 Å². The standard InChI is InChI=1S/C34H31FN4.C7H12O4/c1-21(2)25-17-16-24(20-29(25)36-23-9-4-3-5-10-23)39-31-13-7-6-11-26(31)33-27(12-8-14-32(33)39)34-37-28-18-15-22(35)19-30(28)38-34;1-7(2,3)11-6(10)4-5(8)9/h6-8,11-20,23,36H,1,3-5,9-10H2,2H3,(H,37,38);4H2,1-3H3,(H,8,9). The molecule has 0 aliphatic heterocycles. The Kier molecular flexibility index (Phi) is 9.77. The van der Waals surface area contributed by atoms with Crippen molar-refractivity contribution in [2.24, 2.45) is 0 Å². The molecular formula is C41H43FN4O4. The van der Waals surface area contributed by atoms with Gasteiger partial charge in [-0.25, -0.2) is 9.37 Å². The number of rotatable bonds is 7. The molecule has 4 aromatic carbocycles. The van der Waals surface area contributed by atoms with Gasteiger partial charge < -0.3 is 24.7 Å². The van der Waals surface area contributed by atoms with E-state index < -0.39 is 24.0 Å². The summed E-state index contributed by atoms with van der Waals surface area (Å²) in [7, 11) is 0. The second-order valence-corrected chi connectivity index (χ2v) is 13.9. The number of esters is 1. The first kappa shape index (κ1) is 34.4. The van der Waals surface area contributed by atoms with Gasteiger partial charge in [-0.3, -0.25) is 9.59 Å². The summed E-state index contributed by atoms with van der Waals surface area (Å²) in [6, 6.07) is 26.7. The van der Waals surface area contributed by atoms with Crippen LogP contribution in [0.2, 0.25) is 0 Å². The number of para-hydroxylation sites is 1. The number of aliphatic carboxylic acids is 1. The van der Waals surface area contributed by atoms with Gasteiger partial charge in [-0.15, -0.1) is 0 Å². The molecular weight excluding hydrogens is 631 g/mol. The third-order valence-electron chi connectivity index (χ3n) is 8.80. The van der Waals surface area contributed by atoms with Crippen molar-refractivity contribution in [3.8, 4) is 17.1 Å². The molecule has 0 radical (unpaired) electrons. The monoisotopic (exact) mass is 674 g/mol. The Morgan fingerprint density at radius 3 is 2.46 bits per heavy atom. The van der Waals surface area contributed by atoms with Crippen molar-refractivity contribution in [3.05, 3.63) is 96.8 Å². The van der Waals surface area contributed by atoms with Crippen LogP contribution in [-0.2, 0) is 14.3 Å². The normalized spacial score (nSPS) is 13.6. The van der Waals surface area contributed by atoms with Crippen molar-refractivity contribution in [2.45, 2.75) is 77.9 Å². The summed E-state index contributed by atoms with van der Waals surface area (Å²) in [5.74, 6) is -1.41. The van der Waals surface area contributed by atoms with Crippen LogP contribution in [0.1, 0.15) is 71.8 Å². The summed E-state index contributed by atoms with van der Waals surface area (Å²) in [6.45, 7) is 11.4. The zero-order chi connectivity index (χ0) is 35.6. The molecule has 50 heavy (non-hydrogen) atoms. The number of fused-ring (bicyclic) bond motifs is 4. The summed E-state index contributed by atoms with van der Waals surface area (Å²) in [5, 5.41) is 14.3. The van der Waals surface area contributed by atoms with Crippen LogP contribution < -0.4 is 5.32 Å². The number of carbonyl (C=O) groups excluding carboxylic acids is 1. The van der Waals surface area contributed by atoms with E-state index in [2.05, 4.69) is 89.0 Å². The Morgan fingerprint density at radius 2 is 1.74 bits per heavy atom. The van der Waals surface area contributed by atoms with Gasteiger partial charge >= 0.3 is 11.9 Å². The van der Waals surface area contributed by atoms with E-state index in [0.717, 1.165) is 55.7 Å². The zero-order valence-corrected chi connectivity index (χ0v) is 29.0. The van der Waals surface area contributed by atoms with Gasteiger partial charge in [-0.2, -0.15) is 0 Å². The average Bonchev–Trinajstić information content (AvgIpc) is 3.63. The van der Waals surface area contributed by atoms with E-state index in [1.807, 2.05) is 0 Å². The molecule has 0 spiro atoms. The minimum Gasteiger partial charge on any atom is -0.481 e. The zero-order valence-electron chi connectivity index (χ0n) is 29.0. The van der Waals surface area contributed by atoms with Crippen LogP contribution in [0.25, 0.3) is 55.5 Å². The van der Waals surface area contributed by atoms with Crippen molar-refractivity contribution in [3.63, 3.8) is 0 Å². The van der Waals surface area contributed by atoms with Crippen molar-refractivity contribution in [2.75, 3.05) is 5.32 Å². The maximum absolute atomic E-state index is 13.9. The summed E-state index contributed by atoms with van der Waals surface area (Å²) in [4.78, 5) is 28.8. The van der Waals surface area contributed by atoms with Crippen molar-refractivity contribution in [1.82, 2.24) is 14.5 Å². The summed E-state index contributed by atoms with van der Waals surface area (Å²) in [6.07, 6.45) is 5.74. The van der Waals surface area contributed by atoms with E-state index in [4.69, 9.17) is 14.8 Å². The molecule has 1 fully saturated rings. The first-order chi connectivity index (χ1) is 23.9. The van der Waals surface area contributed by atoms with Crippen LogP contribution in [0.15, 0.2) is 85.4 Å². The highest BCUT2D eigenvalue weighted by molar-refractivity contribution is 6.15. The fraction of sp³-hybridized carbons (Fsp3) is 0.293. The number of H-pyrrole nitrogens is 1. The van der Waals surface area contributed by atoms with Crippen molar-refractivity contribution < 1.29 is 23.8 Å². The summed E-state index contributed by atoms with van der Waals surface area (Å²) >= 11 is 0. The van der Waals surface area contributed by atoms with Gasteiger partial charge in [0.25, 0.3) is 0 Å². The number of aromatic nitrogens is 3. The minimum atomic E-state index is -1.17. The quantitative estimate of drug-likeness (QED) is 0.115. The first-order valence-corrected chi connectivity index (χ1v) is 17.1. The summed E-state index contributed by atoms with van der Waals surface area (Å²) in [5.41, 5.74) is 8.55. The van der Waals surface area contributed by atoms with Gasteiger partial charge in [0.1, 0.15) is 23.7 Å². The van der Waals surface area contributed by atoms with E-state index in [9.17, 15) is 14.0 Å². The van der Waals surface area contributed by atoms with Crippen LogP contribution in [0.3, 0.4) is 0 Å². The van der Waals surface area contributed by atoms with Crippen LogP contribution in [-0.4, -0.2) is 43.2 Å². The number of carboxylic acids is 1. The molecule has 9 heteroatoms. The van der Waals surface area contributed by atoms with Crippen LogP contribution in [0, 0.1) is 5.82 Å². The lowest BCUT2D eigenvalue weighted by Crippen LogP contribution is -2.25. The molecule has 0 saturated heterocycles. The highest BCUT2D eigenvalue weighted by Gasteiger charge is 2.21. The van der Waals surface area contributed by atoms with Crippen molar-refractivity contribution >= 4 is 56.0 Å². The SMILES string of the molecule is C=C(C)c1ccc(-n2c3ccccc3c3c(-c4nc5ccc(F)cc5[nH]4)cccc32)cc1NC1CCCCC1.CC(C)(C)OC(=O)CC(=O)O. The number of carboxylic acid groups (broad SMARTS) is 1. The second kappa shape index (κ2) is 14.2. The molecule has 0 amide bonds. The highest BCUT2D eigenvalue weighted by Crippen LogP contribution is 2.39. The third kappa shape index (κ3) is 7.57. The summed E-state index contributed by atoms with van der Waals surface area (Å²) < 4.78 is 21.0. The highest BCUT2D eigenvalue weighted by atomic mass is 19.1. The number of allylic oxidation sites excluding steroid dienone is 1. The number of halogens is 1. The van der Waals surface area contributed by atoms with Gasteiger partial charge in [-0.1, -0.05) is 62.2 Å². The lowest BCUT2D eigenvalue weighted by Gasteiger charge is -2.26. The van der Waals surface area contributed by atoms with Gasteiger partial charge in [0, 0.05) is 39.3 Å². The molecule has 1 aliphatic carbocycles. The van der Waals surface area contributed by atoms with E-state index >= 15 is 0 Å². The number of benzene rings is 4. The van der Waals surface area contributed by atoms with Gasteiger partial charge in [-0.05, 0) is 88.6 Å². The van der Waals surface area contributed by atoms with Crippen molar-refractivity contribution in [1.29, 1.82) is 0 Å². The molecule has 7 rings (SSSR count). The maximum Gasteiger partial charge on any atom is 0.317 e. The lowest BCUT2D eigenvalue weighted by atomic mass is 9.94. The number of carbonyl (C=O) groups is 2. The van der Waals surface area contributed by atoms with E-state index in [1.165, 1.54) is 49.8 Å². The van der Waals surface area contributed by atoms with Crippen LogP contribution >= 0.6 is 0 Å². The van der Waals surface area contributed by atoms with Gasteiger partial charge in [0.2, 0.25) is 0 Å². The molecule has 8 nitrogen and oxygen atoms in total. The molecule has 0 unspecified atom stereocenters. The number of nitrogens with one attached hydrogen (secondary N) is 2. The topological polar surface area (TPSA) is 109 Å². The van der Waals surface area contributed by atoms with Gasteiger partial charge in [0.15, 0.2) is 0 Å². The fourth-order valence-corrected chi connectivity index (χ4v) is 6.74. The Morgan fingerprint density at radius 1 is 1.00 bits per heavy atom. The van der Waals surface area contributed by atoms with E-state index in [1.54, 1.807) is 26.8 Å². The number of ether oxygens (including phenoxy) is 1. The smallest absolute Gasteiger partial charge is 0.317 e. The largest absolute Gasteiger partial charge is 0.481 e. The number of nitrogens with zero attached hydrogens (tertiary/aromatic N) is 2. The predicted octanol–water partition coefficient (Wildman–Crippen LogP) is 10.0. The second-order valence-electron chi connectivity index (χ2n) is 13.9. The molecule has 3 N–H and O–H groups in total. The number of imidazole rings is 1. The first-order valence-electron chi connectivity index (χ1n) is 17.1. The van der Waals surface area contributed by atoms with Crippen LogP contribution in [0.4, 0.5) is 10.1 Å². The Hall–Kier alpha value is -5.44. The third-order valence-corrected chi connectivity index (χ3v) is 8.80. The Bertz CT molecular complexity index is 2220. The average molecular weight is 675 g/mol. The number of anilines is 1. The molecule has 1 aliphatic rings. The molecule has 1 saturated carbocycles.